The van der Waals surface area contributed by atoms with Crippen molar-refractivity contribution in [1.29, 1.82) is 0 Å². The molecule has 29 heavy (non-hydrogen) atoms. The van der Waals surface area contributed by atoms with Crippen molar-refractivity contribution in [2.45, 2.75) is 90.4 Å². The van der Waals surface area contributed by atoms with Crippen LogP contribution in [0.5, 0.6) is 0 Å². The summed E-state index contributed by atoms with van der Waals surface area (Å²) in [5.41, 5.74) is -1.51. The Kier molecular flexibility index (Phi) is 13.5. The summed E-state index contributed by atoms with van der Waals surface area (Å²) >= 11 is 0. The summed E-state index contributed by atoms with van der Waals surface area (Å²) in [5.74, 6) is -0.260. The zero-order valence-electron chi connectivity index (χ0n) is 19.3. The van der Waals surface area contributed by atoms with Gasteiger partial charge < -0.3 is 24.3 Å². The second-order valence-electron chi connectivity index (χ2n) is 8.91. The molecule has 0 aromatic carbocycles. The van der Waals surface area contributed by atoms with Crippen LogP contribution >= 0.6 is 7.82 Å². The number of amides is 1. The molecule has 0 heterocycles. The average molecular weight is 440 g/mol. The summed E-state index contributed by atoms with van der Waals surface area (Å²) in [7, 11) is 0.809. The van der Waals surface area contributed by atoms with Gasteiger partial charge in [-0.05, 0) is 20.3 Å². The van der Waals surface area contributed by atoms with Gasteiger partial charge in [0.15, 0.2) is 0 Å². The number of carbonyl (C=O) groups is 1. The lowest BCUT2D eigenvalue weighted by atomic mass is 10.0. The molecule has 174 valence electrons. The molecule has 3 N–H and O–H groups in total. The summed E-state index contributed by atoms with van der Waals surface area (Å²) < 4.78 is 22.8. The minimum atomic E-state index is -4.83. The van der Waals surface area contributed by atoms with Gasteiger partial charge in [0.05, 0.1) is 27.2 Å². The molecule has 0 bridgehead atoms. The minimum absolute atomic E-state index is 0.143. The predicted molar refractivity (Wildman–Crippen MR) is 115 cm³/mol. The summed E-state index contributed by atoms with van der Waals surface area (Å²) in [6.45, 7) is 6.49. The van der Waals surface area contributed by atoms with Gasteiger partial charge in [-0.1, -0.05) is 45.4 Å². The van der Waals surface area contributed by atoms with Crippen molar-refractivity contribution in [2.75, 3.05) is 34.3 Å². The molecule has 0 rings (SSSR count). The Hall–Kier alpha value is -0.500. The van der Waals surface area contributed by atoms with Gasteiger partial charge in [-0.15, -0.1) is 0 Å². The normalized spacial score (nSPS) is 15.7. The molecule has 8 nitrogen and oxygen atoms in total. The monoisotopic (exact) mass is 439 g/mol. The first-order valence-electron chi connectivity index (χ1n) is 10.8. The zero-order valence-corrected chi connectivity index (χ0v) is 20.2. The summed E-state index contributed by atoms with van der Waals surface area (Å²) in [5, 5.41) is 2.80. The summed E-state index contributed by atoms with van der Waals surface area (Å²) in [6.07, 6.45) is 7.76. The van der Waals surface area contributed by atoms with E-state index in [9.17, 15) is 19.1 Å². The number of nitrogens with one attached hydrogen (secondary N) is 1. The van der Waals surface area contributed by atoms with E-state index in [1.807, 2.05) is 28.1 Å². The van der Waals surface area contributed by atoms with Crippen molar-refractivity contribution in [2.24, 2.45) is 0 Å². The average Bonchev–Trinajstić information content (AvgIpc) is 2.50. The lowest BCUT2D eigenvalue weighted by Crippen LogP contribution is -2.61. The van der Waals surface area contributed by atoms with Crippen LogP contribution in [0.2, 0.25) is 0 Å². The van der Waals surface area contributed by atoms with Crippen LogP contribution in [0, 0.1) is 0 Å². The topological polar surface area (TPSA) is 105 Å². The third-order valence-corrected chi connectivity index (χ3v) is 5.05. The van der Waals surface area contributed by atoms with Crippen LogP contribution in [-0.2, 0) is 18.6 Å². The van der Waals surface area contributed by atoms with Crippen LogP contribution < -0.4 is 5.32 Å². The molecule has 0 aliphatic carbocycles. The van der Waals surface area contributed by atoms with Crippen molar-refractivity contribution in [1.82, 2.24) is 5.32 Å². The number of phosphoric acid groups is 1. The molecule has 0 spiro atoms. The molecular formula is C20H44N2O6P+. The standard InChI is InChI=1S/C20H43N2O6P/c1-7-9-10-11-12-13-14-15-19(23)21-20(17-22(4,5)6,28-29(24,25)26)16-18(3)27-8-2/h18H,7-17H2,1-6H3,(H2-,21,23,24,25,26)/p+1. The van der Waals surface area contributed by atoms with Gasteiger partial charge in [-0.2, -0.15) is 0 Å². The Morgan fingerprint density at radius 3 is 2.10 bits per heavy atom. The van der Waals surface area contributed by atoms with E-state index >= 15 is 0 Å². The van der Waals surface area contributed by atoms with Gasteiger partial charge in [0.2, 0.25) is 11.6 Å². The van der Waals surface area contributed by atoms with E-state index in [0.717, 1.165) is 19.3 Å². The predicted octanol–water partition coefficient (Wildman–Crippen LogP) is 3.57. The van der Waals surface area contributed by atoms with Gasteiger partial charge in [-0.3, -0.25) is 9.32 Å². The number of phosphoric ester groups is 1. The molecule has 2 atom stereocenters. The fourth-order valence-corrected chi connectivity index (χ4v) is 4.24. The maximum absolute atomic E-state index is 12.6. The van der Waals surface area contributed by atoms with Crippen LogP contribution in [0.4, 0.5) is 0 Å². The van der Waals surface area contributed by atoms with E-state index in [0.29, 0.717) is 17.5 Å². The van der Waals surface area contributed by atoms with Crippen LogP contribution in [0.1, 0.15) is 78.6 Å². The van der Waals surface area contributed by atoms with Crippen molar-refractivity contribution in [3.8, 4) is 0 Å². The number of rotatable bonds is 17. The van der Waals surface area contributed by atoms with Crippen LogP contribution in [0.15, 0.2) is 0 Å². The molecule has 0 radical (unpaired) electrons. The first-order chi connectivity index (χ1) is 13.3. The zero-order chi connectivity index (χ0) is 22.6. The smallest absolute Gasteiger partial charge is 0.379 e. The van der Waals surface area contributed by atoms with E-state index in [2.05, 4.69) is 12.2 Å². The molecular weight excluding hydrogens is 395 g/mol. The van der Waals surface area contributed by atoms with E-state index in [1.165, 1.54) is 25.7 Å². The maximum atomic E-state index is 12.6. The summed E-state index contributed by atoms with van der Waals surface area (Å²) in [6, 6.07) is 0. The largest absolute Gasteiger partial charge is 0.471 e. The van der Waals surface area contributed by atoms with Crippen molar-refractivity contribution >= 4 is 13.7 Å². The maximum Gasteiger partial charge on any atom is 0.471 e. The number of ether oxygens (including phenoxy) is 1. The Morgan fingerprint density at radius 1 is 1.07 bits per heavy atom. The number of unbranched alkanes of at least 4 members (excludes halogenated alkanes) is 6. The van der Waals surface area contributed by atoms with Crippen LogP contribution in [0.25, 0.3) is 0 Å². The Morgan fingerprint density at radius 2 is 1.62 bits per heavy atom. The van der Waals surface area contributed by atoms with E-state index in [4.69, 9.17) is 9.26 Å². The first-order valence-corrected chi connectivity index (χ1v) is 12.3. The number of nitrogens with zero attached hydrogens (tertiary/aromatic N) is 1. The SMILES string of the molecule is CCCCCCCCCC(=O)NC(CC(C)OCC)(C[N+](C)(C)C)OP(=O)(O)O. The highest BCUT2D eigenvalue weighted by molar-refractivity contribution is 7.46. The molecule has 1 amide bonds. The van der Waals surface area contributed by atoms with Gasteiger partial charge in [-0.25, -0.2) is 4.57 Å². The van der Waals surface area contributed by atoms with Gasteiger partial charge >= 0.3 is 7.82 Å². The molecule has 0 aliphatic rings. The first kappa shape index (κ1) is 28.5. The number of quaternary nitrogens is 1. The molecule has 9 heteroatoms. The highest BCUT2D eigenvalue weighted by Gasteiger charge is 2.45. The second kappa shape index (κ2) is 13.7. The van der Waals surface area contributed by atoms with Crippen molar-refractivity contribution in [3.05, 3.63) is 0 Å². The third-order valence-electron chi connectivity index (χ3n) is 4.47. The molecule has 2 unspecified atom stereocenters. The minimum Gasteiger partial charge on any atom is -0.379 e. The Labute approximate surface area is 177 Å². The van der Waals surface area contributed by atoms with Crippen molar-refractivity contribution in [3.63, 3.8) is 0 Å². The van der Waals surface area contributed by atoms with Crippen LogP contribution in [-0.4, -0.2) is 66.3 Å². The Balaban J connectivity index is 5.09. The molecule has 0 aromatic heterocycles. The molecule has 0 aromatic rings. The van der Waals surface area contributed by atoms with E-state index in [-0.39, 0.29) is 25.0 Å². The van der Waals surface area contributed by atoms with E-state index in [1.54, 1.807) is 6.92 Å². The third kappa shape index (κ3) is 15.9. The van der Waals surface area contributed by atoms with E-state index < -0.39 is 13.5 Å². The number of carbonyl (C=O) groups excluding carboxylic acids is 1. The number of hydrogen-bond donors (Lipinski definition) is 3. The molecule has 0 saturated heterocycles. The lowest BCUT2D eigenvalue weighted by Gasteiger charge is -2.40. The van der Waals surface area contributed by atoms with Gasteiger partial charge in [0.25, 0.3) is 0 Å². The van der Waals surface area contributed by atoms with Gasteiger partial charge in [0, 0.05) is 19.4 Å². The lowest BCUT2D eigenvalue weighted by molar-refractivity contribution is -0.877. The number of likely N-dealkylation sites (N-methyl/N-ethyl adjacent to an activating group) is 1. The molecule has 0 saturated carbocycles. The van der Waals surface area contributed by atoms with Gasteiger partial charge in [0.1, 0.15) is 6.54 Å². The quantitative estimate of drug-likeness (QED) is 0.138. The fourth-order valence-electron chi connectivity index (χ4n) is 3.60. The number of hydrogen-bond acceptors (Lipinski definition) is 4. The summed E-state index contributed by atoms with van der Waals surface area (Å²) in [4.78, 5) is 31.6. The second-order valence-corrected chi connectivity index (χ2v) is 10.1. The highest BCUT2D eigenvalue weighted by Crippen LogP contribution is 2.43. The molecule has 0 aliphatic heterocycles. The van der Waals surface area contributed by atoms with Crippen molar-refractivity contribution < 1.29 is 32.9 Å². The highest BCUT2D eigenvalue weighted by atomic mass is 31.2. The van der Waals surface area contributed by atoms with Crippen LogP contribution in [0.3, 0.4) is 0 Å². The fraction of sp³-hybridized carbons (Fsp3) is 0.950. The molecule has 0 fully saturated rings. The Bertz CT molecular complexity index is 506.